The molecule has 0 bridgehead atoms. The maximum Gasteiger partial charge on any atom is 0.272 e. The zero-order chi connectivity index (χ0) is 19.4. The summed E-state index contributed by atoms with van der Waals surface area (Å²) in [6.45, 7) is 7.82. The van der Waals surface area contributed by atoms with Crippen molar-refractivity contribution in [2.24, 2.45) is 0 Å². The Labute approximate surface area is 162 Å². The van der Waals surface area contributed by atoms with Gasteiger partial charge in [0.1, 0.15) is 4.70 Å². The second-order valence-corrected chi connectivity index (χ2v) is 7.26. The fraction of sp³-hybridized carbons (Fsp3) is 0.350. The van der Waals surface area contributed by atoms with Crippen molar-refractivity contribution in [3.63, 3.8) is 0 Å². The first-order valence-electron chi connectivity index (χ1n) is 9.13. The van der Waals surface area contributed by atoms with Gasteiger partial charge in [-0.15, -0.1) is 11.3 Å². The molecule has 0 spiro atoms. The molecule has 0 fully saturated rings. The van der Waals surface area contributed by atoms with Gasteiger partial charge in [0.2, 0.25) is 11.9 Å². The minimum Gasteiger partial charge on any atom is -0.343 e. The molecule has 0 saturated carbocycles. The molecule has 1 amide bonds. The number of fused-ring (bicyclic) bond motifs is 1. The number of hydrogen-bond donors (Lipinski definition) is 1. The average Bonchev–Trinajstić information content (AvgIpc) is 3.11. The van der Waals surface area contributed by atoms with E-state index in [4.69, 9.17) is 0 Å². The number of nitrogens with one attached hydrogen (secondary N) is 1. The van der Waals surface area contributed by atoms with Crippen LogP contribution in [-0.4, -0.2) is 28.5 Å². The number of nitrogens with zero attached hydrogens (tertiary/aromatic N) is 3. The topological polar surface area (TPSA) is 67.2 Å². The summed E-state index contributed by atoms with van der Waals surface area (Å²) in [5.74, 6) is 0.503. The molecule has 0 aliphatic rings. The zero-order valence-corrected chi connectivity index (χ0v) is 16.7. The van der Waals surface area contributed by atoms with Gasteiger partial charge < -0.3 is 10.2 Å². The molecule has 3 rings (SSSR count). The number of hydrogen-bond acceptors (Lipinski definition) is 5. The fourth-order valence-electron chi connectivity index (χ4n) is 3.04. The van der Waals surface area contributed by atoms with Crippen LogP contribution >= 0.6 is 11.3 Å². The van der Waals surface area contributed by atoms with Gasteiger partial charge in [0.05, 0.1) is 5.52 Å². The minimum absolute atomic E-state index is 0.0831. The largest absolute Gasteiger partial charge is 0.343 e. The number of rotatable bonds is 7. The van der Waals surface area contributed by atoms with Crippen LogP contribution in [0.15, 0.2) is 40.5 Å². The molecule has 27 heavy (non-hydrogen) atoms. The lowest BCUT2D eigenvalue weighted by Gasteiger charge is -2.23. The Morgan fingerprint density at radius 1 is 1.26 bits per heavy atom. The predicted molar refractivity (Wildman–Crippen MR) is 112 cm³/mol. The lowest BCUT2D eigenvalue weighted by molar-refractivity contribution is -0.116. The molecular formula is C20H24N4O2S. The average molecular weight is 385 g/mol. The fourth-order valence-corrected chi connectivity index (χ4v) is 3.82. The number of benzene rings is 1. The van der Waals surface area contributed by atoms with Crippen LogP contribution in [-0.2, 0) is 11.3 Å². The molecule has 0 atom stereocenters. The van der Waals surface area contributed by atoms with Gasteiger partial charge in [-0.25, -0.2) is 4.98 Å². The molecule has 0 saturated heterocycles. The van der Waals surface area contributed by atoms with Gasteiger partial charge in [0.25, 0.3) is 5.56 Å². The van der Waals surface area contributed by atoms with Crippen LogP contribution in [0.25, 0.3) is 10.2 Å². The molecule has 6 nitrogen and oxygen atoms in total. The van der Waals surface area contributed by atoms with Crippen LogP contribution in [0.2, 0.25) is 0 Å². The van der Waals surface area contributed by atoms with Gasteiger partial charge in [0.15, 0.2) is 0 Å². The summed E-state index contributed by atoms with van der Waals surface area (Å²) in [5, 5.41) is 4.77. The van der Waals surface area contributed by atoms with Crippen molar-refractivity contribution in [1.82, 2.24) is 9.55 Å². The smallest absolute Gasteiger partial charge is 0.272 e. The SMILES string of the molecule is CCN(CC)c1nc2ccsc2c(=O)n1CCC(=O)Nc1cccc(C)c1. The monoisotopic (exact) mass is 384 g/mol. The Morgan fingerprint density at radius 2 is 2.04 bits per heavy atom. The number of aromatic nitrogens is 2. The summed E-state index contributed by atoms with van der Waals surface area (Å²) < 4.78 is 2.26. The molecule has 0 unspecified atom stereocenters. The summed E-state index contributed by atoms with van der Waals surface area (Å²) in [6, 6.07) is 9.53. The van der Waals surface area contributed by atoms with Gasteiger partial charge in [-0.1, -0.05) is 12.1 Å². The minimum atomic E-state index is -0.121. The van der Waals surface area contributed by atoms with E-state index in [0.29, 0.717) is 22.7 Å². The van der Waals surface area contributed by atoms with E-state index in [2.05, 4.69) is 10.3 Å². The number of anilines is 2. The predicted octanol–water partition coefficient (Wildman–Crippen LogP) is 3.64. The van der Waals surface area contributed by atoms with E-state index < -0.39 is 0 Å². The first-order chi connectivity index (χ1) is 13.0. The molecule has 0 aliphatic carbocycles. The highest BCUT2D eigenvalue weighted by Crippen LogP contribution is 2.19. The van der Waals surface area contributed by atoms with Crippen molar-refractivity contribution in [2.75, 3.05) is 23.3 Å². The second kappa shape index (κ2) is 8.35. The van der Waals surface area contributed by atoms with Crippen LogP contribution in [0, 0.1) is 6.92 Å². The Hall–Kier alpha value is -2.67. The third-order valence-corrected chi connectivity index (χ3v) is 5.35. The summed E-state index contributed by atoms with van der Waals surface area (Å²) in [6.07, 6.45) is 0.209. The molecule has 0 radical (unpaired) electrons. The Bertz CT molecular complexity index is 1000. The summed E-state index contributed by atoms with van der Waals surface area (Å²) >= 11 is 1.39. The lowest BCUT2D eigenvalue weighted by atomic mass is 10.2. The number of thiophene rings is 1. The Kier molecular flexibility index (Phi) is 5.91. The van der Waals surface area contributed by atoms with E-state index in [-0.39, 0.29) is 17.9 Å². The molecule has 3 aromatic rings. The van der Waals surface area contributed by atoms with E-state index in [9.17, 15) is 9.59 Å². The standard InChI is InChI=1S/C20H24N4O2S/c1-4-23(5-2)20-22-16-10-12-27-18(16)19(26)24(20)11-9-17(25)21-15-8-6-7-14(3)13-15/h6-8,10,12-13H,4-5,9,11H2,1-3H3,(H,21,25). The number of aryl methyl sites for hydroxylation is 1. The normalized spacial score (nSPS) is 10.9. The summed E-state index contributed by atoms with van der Waals surface area (Å²) in [5.41, 5.74) is 2.48. The van der Waals surface area contributed by atoms with E-state index in [1.54, 1.807) is 4.57 Å². The Balaban J connectivity index is 1.84. The third-order valence-electron chi connectivity index (χ3n) is 4.46. The van der Waals surface area contributed by atoms with Crippen molar-refractivity contribution < 1.29 is 4.79 Å². The van der Waals surface area contributed by atoms with Gasteiger partial charge in [-0.3, -0.25) is 14.2 Å². The summed E-state index contributed by atoms with van der Waals surface area (Å²) in [7, 11) is 0. The van der Waals surface area contributed by atoms with Crippen LogP contribution in [0.5, 0.6) is 0 Å². The van der Waals surface area contributed by atoms with E-state index in [1.807, 2.05) is 61.4 Å². The highest BCUT2D eigenvalue weighted by molar-refractivity contribution is 7.17. The molecule has 142 valence electrons. The third kappa shape index (κ3) is 4.19. The molecule has 2 heterocycles. The summed E-state index contributed by atoms with van der Waals surface area (Å²) in [4.78, 5) is 32.0. The Morgan fingerprint density at radius 3 is 2.74 bits per heavy atom. The molecule has 1 N–H and O–H groups in total. The zero-order valence-electron chi connectivity index (χ0n) is 15.9. The van der Waals surface area contributed by atoms with Gasteiger partial charge in [-0.05, 0) is 49.9 Å². The van der Waals surface area contributed by atoms with Crippen LogP contribution < -0.4 is 15.8 Å². The number of amides is 1. The first-order valence-corrected chi connectivity index (χ1v) is 10.0. The van der Waals surface area contributed by atoms with E-state index in [1.165, 1.54) is 11.3 Å². The highest BCUT2D eigenvalue weighted by atomic mass is 32.1. The van der Waals surface area contributed by atoms with Crippen molar-refractivity contribution in [2.45, 2.75) is 33.7 Å². The first kappa shape index (κ1) is 19.1. The van der Waals surface area contributed by atoms with Crippen molar-refractivity contribution in [1.29, 1.82) is 0 Å². The van der Waals surface area contributed by atoms with Crippen LogP contribution in [0.1, 0.15) is 25.8 Å². The highest BCUT2D eigenvalue weighted by Gasteiger charge is 2.17. The number of carbonyl (C=O) groups is 1. The quantitative estimate of drug-likeness (QED) is 0.675. The van der Waals surface area contributed by atoms with Crippen molar-refractivity contribution in [3.05, 3.63) is 51.6 Å². The van der Waals surface area contributed by atoms with E-state index >= 15 is 0 Å². The number of carbonyl (C=O) groups excluding carboxylic acids is 1. The second-order valence-electron chi connectivity index (χ2n) is 6.34. The molecule has 7 heteroatoms. The van der Waals surface area contributed by atoms with Gasteiger partial charge >= 0.3 is 0 Å². The molecule has 1 aromatic carbocycles. The van der Waals surface area contributed by atoms with Crippen LogP contribution in [0.3, 0.4) is 0 Å². The molecular weight excluding hydrogens is 360 g/mol. The molecule has 2 aromatic heterocycles. The molecule has 0 aliphatic heterocycles. The van der Waals surface area contributed by atoms with Crippen LogP contribution in [0.4, 0.5) is 11.6 Å². The maximum atomic E-state index is 12.9. The van der Waals surface area contributed by atoms with Crippen molar-refractivity contribution in [3.8, 4) is 0 Å². The van der Waals surface area contributed by atoms with Gasteiger partial charge in [0, 0.05) is 31.7 Å². The maximum absolute atomic E-state index is 12.9. The van der Waals surface area contributed by atoms with Crippen molar-refractivity contribution >= 4 is 39.1 Å². The van der Waals surface area contributed by atoms with E-state index in [0.717, 1.165) is 24.3 Å². The lowest BCUT2D eigenvalue weighted by Crippen LogP contribution is -2.33. The van der Waals surface area contributed by atoms with Gasteiger partial charge in [-0.2, -0.15) is 0 Å².